The first-order valence-electron chi connectivity index (χ1n) is 11.2. The number of aromatic nitrogens is 2. The van der Waals surface area contributed by atoms with Crippen molar-refractivity contribution in [1.82, 2.24) is 9.55 Å². The number of carbonyl (C=O) groups excluding carboxylic acids is 1. The Morgan fingerprint density at radius 1 is 1.09 bits per heavy atom. The van der Waals surface area contributed by atoms with Crippen LogP contribution in [0.15, 0.2) is 65.5 Å². The SMILES string of the molecule is CC[C@@]1(O)C(=O)OCc2c1cc1n(c2=O)Cc2cc3c(C#Cc4ccccc4)cccc3nc2-1. The lowest BCUT2D eigenvalue weighted by Crippen LogP contribution is -2.44. The van der Waals surface area contributed by atoms with Crippen LogP contribution in [-0.4, -0.2) is 20.6 Å². The Labute approximate surface area is 195 Å². The molecule has 0 amide bonds. The van der Waals surface area contributed by atoms with Crippen molar-refractivity contribution >= 4 is 16.9 Å². The van der Waals surface area contributed by atoms with E-state index in [0.717, 1.165) is 27.6 Å². The summed E-state index contributed by atoms with van der Waals surface area (Å²) in [5, 5.41) is 11.9. The molecule has 4 heterocycles. The first-order valence-corrected chi connectivity index (χ1v) is 11.2. The highest BCUT2D eigenvalue weighted by molar-refractivity contribution is 5.89. The van der Waals surface area contributed by atoms with Crippen molar-refractivity contribution in [2.24, 2.45) is 0 Å². The van der Waals surface area contributed by atoms with E-state index < -0.39 is 11.6 Å². The molecule has 2 aliphatic rings. The summed E-state index contributed by atoms with van der Waals surface area (Å²) in [4.78, 5) is 30.5. The number of nitrogens with zero attached hydrogens (tertiary/aromatic N) is 2. The van der Waals surface area contributed by atoms with E-state index in [9.17, 15) is 14.7 Å². The molecule has 2 aliphatic heterocycles. The average Bonchev–Trinajstić information content (AvgIpc) is 3.22. The third-order valence-corrected chi connectivity index (χ3v) is 6.67. The molecule has 6 nitrogen and oxygen atoms in total. The summed E-state index contributed by atoms with van der Waals surface area (Å²) in [6.45, 7) is 1.91. The monoisotopic (exact) mass is 448 g/mol. The number of carbonyl (C=O) groups is 1. The zero-order valence-corrected chi connectivity index (χ0v) is 18.5. The molecule has 166 valence electrons. The fraction of sp³-hybridized carbons (Fsp3) is 0.179. The van der Waals surface area contributed by atoms with E-state index in [4.69, 9.17) is 9.72 Å². The van der Waals surface area contributed by atoms with E-state index >= 15 is 0 Å². The fourth-order valence-corrected chi connectivity index (χ4v) is 4.77. The molecule has 4 aromatic rings. The van der Waals surface area contributed by atoms with E-state index in [1.54, 1.807) is 17.6 Å². The molecule has 6 heteroatoms. The zero-order valence-electron chi connectivity index (χ0n) is 18.5. The van der Waals surface area contributed by atoms with Crippen LogP contribution in [0.25, 0.3) is 22.3 Å². The molecule has 0 saturated carbocycles. The second kappa shape index (κ2) is 7.41. The normalized spacial score (nSPS) is 17.9. The van der Waals surface area contributed by atoms with Crippen molar-refractivity contribution in [3.8, 4) is 23.2 Å². The number of hydrogen-bond acceptors (Lipinski definition) is 5. The predicted molar refractivity (Wildman–Crippen MR) is 127 cm³/mol. The quantitative estimate of drug-likeness (QED) is 0.314. The van der Waals surface area contributed by atoms with Gasteiger partial charge in [-0.15, -0.1) is 0 Å². The number of aliphatic hydroxyl groups is 1. The smallest absolute Gasteiger partial charge is 0.343 e. The number of ether oxygens (including phenoxy) is 1. The van der Waals surface area contributed by atoms with Gasteiger partial charge in [0.05, 0.1) is 29.0 Å². The molecule has 0 saturated heterocycles. The van der Waals surface area contributed by atoms with Crippen LogP contribution in [0.2, 0.25) is 0 Å². The maximum absolute atomic E-state index is 13.3. The lowest BCUT2D eigenvalue weighted by atomic mass is 9.86. The second-order valence-electron chi connectivity index (χ2n) is 8.59. The minimum absolute atomic E-state index is 0.114. The van der Waals surface area contributed by atoms with Gasteiger partial charge in [0, 0.05) is 27.6 Å². The standard InChI is InChI=1S/C28H20N2O4/c1-2-28(33)22-14-24-25-19(15-30(24)26(31)21(22)16-34-27(28)32)13-20-18(9-6-10-23(20)29-25)12-11-17-7-4-3-5-8-17/h3-10,13-14,33H,2,15-16H2,1H3/t28-/m0/s1. The molecule has 0 aliphatic carbocycles. The van der Waals surface area contributed by atoms with Gasteiger partial charge in [0.2, 0.25) is 0 Å². The predicted octanol–water partition coefficient (Wildman–Crippen LogP) is 3.48. The van der Waals surface area contributed by atoms with Gasteiger partial charge in [0.15, 0.2) is 5.60 Å². The first-order chi connectivity index (χ1) is 16.5. The highest BCUT2D eigenvalue weighted by Gasteiger charge is 2.45. The van der Waals surface area contributed by atoms with Crippen molar-refractivity contribution in [2.75, 3.05) is 0 Å². The Kier molecular flexibility index (Phi) is 4.44. The highest BCUT2D eigenvalue weighted by Crippen LogP contribution is 2.38. The molecule has 0 fully saturated rings. The van der Waals surface area contributed by atoms with Crippen LogP contribution in [0.1, 0.15) is 41.2 Å². The summed E-state index contributed by atoms with van der Waals surface area (Å²) >= 11 is 0. The van der Waals surface area contributed by atoms with E-state index in [1.165, 1.54) is 0 Å². The van der Waals surface area contributed by atoms with Gasteiger partial charge in [-0.25, -0.2) is 9.78 Å². The number of esters is 1. The van der Waals surface area contributed by atoms with Gasteiger partial charge >= 0.3 is 5.97 Å². The Morgan fingerprint density at radius 3 is 2.71 bits per heavy atom. The minimum atomic E-state index is -1.83. The molecule has 1 N–H and O–H groups in total. The Morgan fingerprint density at radius 2 is 1.91 bits per heavy atom. The van der Waals surface area contributed by atoms with Crippen molar-refractivity contribution < 1.29 is 14.6 Å². The molecular formula is C28H20N2O4. The number of fused-ring (bicyclic) bond motifs is 5. The lowest BCUT2D eigenvalue weighted by molar-refractivity contribution is -0.172. The number of hydrogen-bond donors (Lipinski definition) is 1. The van der Waals surface area contributed by atoms with Gasteiger partial charge in [-0.3, -0.25) is 4.79 Å². The van der Waals surface area contributed by atoms with E-state index in [-0.39, 0.29) is 18.6 Å². The summed E-state index contributed by atoms with van der Waals surface area (Å²) in [7, 11) is 0. The summed E-state index contributed by atoms with van der Waals surface area (Å²) in [5.74, 6) is 5.72. The lowest BCUT2D eigenvalue weighted by Gasteiger charge is -2.31. The Hall–Kier alpha value is -4.21. The number of benzene rings is 2. The van der Waals surface area contributed by atoms with E-state index in [2.05, 4.69) is 11.8 Å². The van der Waals surface area contributed by atoms with Crippen molar-refractivity contribution in [2.45, 2.75) is 32.1 Å². The molecule has 34 heavy (non-hydrogen) atoms. The van der Waals surface area contributed by atoms with E-state index in [0.29, 0.717) is 29.1 Å². The molecule has 0 radical (unpaired) electrons. The van der Waals surface area contributed by atoms with Gasteiger partial charge < -0.3 is 14.4 Å². The van der Waals surface area contributed by atoms with Crippen LogP contribution in [0.4, 0.5) is 0 Å². The summed E-state index contributed by atoms with van der Waals surface area (Å²) in [5.41, 5.74) is 3.27. The van der Waals surface area contributed by atoms with Gasteiger partial charge in [0.25, 0.3) is 5.56 Å². The number of cyclic esters (lactones) is 1. The fourth-order valence-electron chi connectivity index (χ4n) is 4.77. The third-order valence-electron chi connectivity index (χ3n) is 6.67. The van der Waals surface area contributed by atoms with Gasteiger partial charge in [-0.2, -0.15) is 0 Å². The molecule has 1 atom stereocenters. The Bertz CT molecular complexity index is 1630. The third kappa shape index (κ3) is 2.91. The first kappa shape index (κ1) is 20.4. The van der Waals surface area contributed by atoms with Crippen molar-refractivity contribution in [3.05, 3.63) is 98.8 Å². The van der Waals surface area contributed by atoms with Crippen LogP contribution in [0.5, 0.6) is 0 Å². The molecule has 0 bridgehead atoms. The van der Waals surface area contributed by atoms with Crippen LogP contribution in [0, 0.1) is 11.8 Å². The number of rotatable bonds is 1. The van der Waals surface area contributed by atoms with Crippen LogP contribution >= 0.6 is 0 Å². The number of pyridine rings is 2. The Balaban J connectivity index is 1.52. The maximum atomic E-state index is 13.3. The summed E-state index contributed by atoms with van der Waals surface area (Å²) in [6.07, 6.45) is 0.114. The maximum Gasteiger partial charge on any atom is 0.343 e. The molecular weight excluding hydrogens is 428 g/mol. The van der Waals surface area contributed by atoms with Crippen LogP contribution < -0.4 is 5.56 Å². The van der Waals surface area contributed by atoms with Gasteiger partial charge in [0.1, 0.15) is 6.61 Å². The van der Waals surface area contributed by atoms with Crippen LogP contribution in [-0.2, 0) is 28.3 Å². The van der Waals surface area contributed by atoms with Crippen LogP contribution in [0.3, 0.4) is 0 Å². The molecule has 0 spiro atoms. The molecule has 2 aromatic carbocycles. The van der Waals surface area contributed by atoms with Gasteiger partial charge in [-0.05, 0) is 42.8 Å². The largest absolute Gasteiger partial charge is 0.458 e. The molecule has 2 aromatic heterocycles. The van der Waals surface area contributed by atoms with Gasteiger partial charge in [-0.1, -0.05) is 43.0 Å². The van der Waals surface area contributed by atoms with Crippen molar-refractivity contribution in [1.29, 1.82) is 0 Å². The highest BCUT2D eigenvalue weighted by atomic mass is 16.6. The summed E-state index contributed by atoms with van der Waals surface area (Å²) in [6, 6.07) is 19.3. The summed E-state index contributed by atoms with van der Waals surface area (Å²) < 4.78 is 6.78. The minimum Gasteiger partial charge on any atom is -0.458 e. The molecule has 6 rings (SSSR count). The average molecular weight is 448 g/mol. The topological polar surface area (TPSA) is 81.4 Å². The van der Waals surface area contributed by atoms with E-state index in [1.807, 2.05) is 54.6 Å². The zero-order chi connectivity index (χ0) is 23.4. The van der Waals surface area contributed by atoms with Crippen molar-refractivity contribution in [3.63, 3.8) is 0 Å². The second-order valence-corrected chi connectivity index (χ2v) is 8.59. The molecule has 0 unspecified atom stereocenters.